The van der Waals surface area contributed by atoms with E-state index in [0.29, 0.717) is 46.3 Å². The highest BCUT2D eigenvalue weighted by Gasteiger charge is 2.41. The summed E-state index contributed by atoms with van der Waals surface area (Å²) in [5.74, 6) is 0.823. The van der Waals surface area contributed by atoms with Gasteiger partial charge >= 0.3 is 0 Å². The first-order chi connectivity index (χ1) is 16.5. The molecule has 6 nitrogen and oxygen atoms in total. The maximum atomic E-state index is 13.4. The van der Waals surface area contributed by atoms with E-state index in [1.165, 1.54) is 4.90 Å². The number of rotatable bonds is 6. The summed E-state index contributed by atoms with van der Waals surface area (Å²) < 4.78 is 17.7. The smallest absolute Gasteiger partial charge is 0.290 e. The van der Waals surface area contributed by atoms with Crippen molar-refractivity contribution in [2.75, 3.05) is 13.7 Å². The lowest BCUT2D eigenvalue weighted by Gasteiger charge is -2.22. The Morgan fingerprint density at radius 3 is 2.53 bits per heavy atom. The zero-order chi connectivity index (χ0) is 23.8. The van der Waals surface area contributed by atoms with E-state index in [2.05, 4.69) is 0 Å². The van der Waals surface area contributed by atoms with Crippen LogP contribution in [0.2, 0.25) is 5.02 Å². The third-order valence-corrected chi connectivity index (χ3v) is 6.12. The Morgan fingerprint density at radius 2 is 1.76 bits per heavy atom. The highest BCUT2D eigenvalue weighted by atomic mass is 35.5. The molecule has 5 rings (SSSR count). The van der Waals surface area contributed by atoms with Crippen LogP contribution in [0.15, 0.2) is 75.9 Å². The number of benzene rings is 3. The van der Waals surface area contributed by atoms with E-state index in [0.717, 1.165) is 11.1 Å². The molecule has 0 bridgehead atoms. The predicted molar refractivity (Wildman–Crippen MR) is 130 cm³/mol. The van der Waals surface area contributed by atoms with Crippen LogP contribution in [-0.2, 0) is 6.61 Å². The highest BCUT2D eigenvalue weighted by molar-refractivity contribution is 6.31. The number of carbonyl (C=O) groups excluding carboxylic acids is 1. The van der Waals surface area contributed by atoms with Gasteiger partial charge in [-0.1, -0.05) is 48.0 Å². The van der Waals surface area contributed by atoms with E-state index >= 15 is 0 Å². The molecule has 0 fully saturated rings. The molecule has 0 aliphatic carbocycles. The molecular formula is C27H22ClNO5. The molecule has 1 atom stereocenters. The monoisotopic (exact) mass is 475 g/mol. The van der Waals surface area contributed by atoms with Crippen molar-refractivity contribution in [3.63, 3.8) is 0 Å². The summed E-state index contributed by atoms with van der Waals surface area (Å²) in [7, 11) is 1.65. The van der Waals surface area contributed by atoms with Crippen LogP contribution in [0.3, 0.4) is 0 Å². The number of carbonyl (C=O) groups is 1. The van der Waals surface area contributed by atoms with Crippen molar-refractivity contribution in [1.82, 2.24) is 4.90 Å². The summed E-state index contributed by atoms with van der Waals surface area (Å²) in [5.41, 5.74) is 2.10. The van der Waals surface area contributed by atoms with Crippen molar-refractivity contribution in [3.8, 4) is 11.5 Å². The average molecular weight is 476 g/mol. The van der Waals surface area contributed by atoms with Gasteiger partial charge in [0.1, 0.15) is 12.2 Å². The number of halogens is 1. The zero-order valence-electron chi connectivity index (χ0n) is 18.7. The fourth-order valence-corrected chi connectivity index (χ4v) is 4.44. The van der Waals surface area contributed by atoms with Crippen LogP contribution in [0.25, 0.3) is 11.0 Å². The van der Waals surface area contributed by atoms with Crippen molar-refractivity contribution < 1.29 is 18.7 Å². The molecule has 0 saturated heterocycles. The average Bonchev–Trinajstić information content (AvgIpc) is 3.10. The van der Waals surface area contributed by atoms with Crippen LogP contribution < -0.4 is 14.9 Å². The minimum absolute atomic E-state index is 0.0506. The summed E-state index contributed by atoms with van der Waals surface area (Å²) in [6.07, 6.45) is 0. The van der Waals surface area contributed by atoms with Crippen LogP contribution in [0.5, 0.6) is 11.5 Å². The summed E-state index contributed by atoms with van der Waals surface area (Å²) >= 11 is 6.11. The summed E-state index contributed by atoms with van der Waals surface area (Å²) in [5, 5.41) is 0.764. The second-order valence-electron chi connectivity index (χ2n) is 8.05. The van der Waals surface area contributed by atoms with Crippen LogP contribution >= 0.6 is 11.6 Å². The maximum absolute atomic E-state index is 13.4. The topological polar surface area (TPSA) is 69.0 Å². The third kappa shape index (κ3) is 3.80. The molecule has 1 unspecified atom stereocenters. The van der Waals surface area contributed by atoms with Crippen LogP contribution in [-0.4, -0.2) is 24.5 Å². The molecule has 0 N–H and O–H groups in total. The second kappa shape index (κ2) is 8.88. The molecule has 0 radical (unpaired) electrons. The first-order valence-corrected chi connectivity index (χ1v) is 11.3. The van der Waals surface area contributed by atoms with E-state index < -0.39 is 6.04 Å². The number of ether oxygens (including phenoxy) is 2. The van der Waals surface area contributed by atoms with E-state index in [1.54, 1.807) is 31.3 Å². The maximum Gasteiger partial charge on any atom is 0.290 e. The van der Waals surface area contributed by atoms with Gasteiger partial charge in [-0.15, -0.1) is 0 Å². The molecule has 1 amide bonds. The van der Waals surface area contributed by atoms with Gasteiger partial charge in [0.2, 0.25) is 5.76 Å². The summed E-state index contributed by atoms with van der Waals surface area (Å²) in [6, 6.07) is 19.5. The molecule has 34 heavy (non-hydrogen) atoms. The van der Waals surface area contributed by atoms with Crippen LogP contribution in [0.1, 0.15) is 40.2 Å². The highest BCUT2D eigenvalue weighted by Crippen LogP contribution is 2.40. The van der Waals surface area contributed by atoms with Gasteiger partial charge in [-0.2, -0.15) is 0 Å². The van der Waals surface area contributed by atoms with E-state index in [4.69, 9.17) is 25.5 Å². The largest absolute Gasteiger partial charge is 0.490 e. The first kappa shape index (κ1) is 22.0. The number of hydrogen-bond donors (Lipinski definition) is 0. The number of fused-ring (bicyclic) bond motifs is 2. The van der Waals surface area contributed by atoms with Gasteiger partial charge in [-0.05, 0) is 48.4 Å². The molecular weight excluding hydrogens is 454 g/mol. The van der Waals surface area contributed by atoms with Crippen LogP contribution in [0, 0.1) is 0 Å². The number of hydrogen-bond acceptors (Lipinski definition) is 5. The van der Waals surface area contributed by atoms with Gasteiger partial charge in [-0.3, -0.25) is 9.59 Å². The van der Waals surface area contributed by atoms with Gasteiger partial charge < -0.3 is 18.8 Å². The van der Waals surface area contributed by atoms with Crippen LogP contribution in [0.4, 0.5) is 0 Å². The molecule has 3 aromatic carbocycles. The van der Waals surface area contributed by atoms with Gasteiger partial charge in [0.15, 0.2) is 16.9 Å². The molecule has 172 valence electrons. The van der Waals surface area contributed by atoms with E-state index in [9.17, 15) is 9.59 Å². The fraction of sp³-hybridized carbons (Fsp3) is 0.185. The molecule has 7 heteroatoms. The number of nitrogens with zero attached hydrogens (tertiary/aromatic N) is 1. The van der Waals surface area contributed by atoms with Crippen molar-refractivity contribution in [1.29, 1.82) is 0 Å². The molecule has 1 aliphatic rings. The minimum Gasteiger partial charge on any atom is -0.490 e. The zero-order valence-corrected chi connectivity index (χ0v) is 19.5. The lowest BCUT2D eigenvalue weighted by molar-refractivity contribution is 0.0771. The second-order valence-corrected chi connectivity index (χ2v) is 8.48. The molecule has 4 aromatic rings. The molecule has 0 saturated carbocycles. The predicted octanol–water partition coefficient (Wildman–Crippen LogP) is 5.60. The molecule has 2 heterocycles. The van der Waals surface area contributed by atoms with Gasteiger partial charge in [0, 0.05) is 12.1 Å². The SMILES string of the molecule is CCOc1cc(C2c3c(oc4ccc(Cl)cc4c3=O)C(=O)N2C)ccc1OCc1ccccc1. The van der Waals surface area contributed by atoms with Crippen molar-refractivity contribution in [2.45, 2.75) is 19.6 Å². The summed E-state index contributed by atoms with van der Waals surface area (Å²) in [4.78, 5) is 27.9. The van der Waals surface area contributed by atoms with Gasteiger partial charge in [-0.25, -0.2) is 0 Å². The Bertz CT molecular complexity index is 1450. The summed E-state index contributed by atoms with van der Waals surface area (Å²) in [6.45, 7) is 2.71. The molecule has 0 spiro atoms. The van der Waals surface area contributed by atoms with Gasteiger partial charge in [0.05, 0.1) is 23.6 Å². The van der Waals surface area contributed by atoms with Crippen molar-refractivity contribution >= 4 is 28.5 Å². The van der Waals surface area contributed by atoms with Gasteiger partial charge in [0.25, 0.3) is 5.91 Å². The fourth-order valence-electron chi connectivity index (χ4n) is 4.27. The normalized spacial score (nSPS) is 15.0. The Hall–Kier alpha value is -3.77. The Labute approximate surface area is 201 Å². The molecule has 1 aromatic heterocycles. The van der Waals surface area contributed by atoms with E-state index in [1.807, 2.05) is 49.4 Å². The minimum atomic E-state index is -0.621. The lowest BCUT2D eigenvalue weighted by Crippen LogP contribution is -2.25. The Kier molecular flexibility index (Phi) is 5.75. The van der Waals surface area contributed by atoms with Crippen molar-refractivity contribution in [2.24, 2.45) is 0 Å². The standard InChI is InChI=1S/C27H22ClNO5/c1-3-32-22-13-17(9-11-21(22)33-15-16-7-5-4-6-8-16)24-23-25(30)19-14-18(28)10-12-20(19)34-26(23)27(31)29(24)2/h4-14,24H,3,15H2,1-2H3. The first-order valence-electron chi connectivity index (χ1n) is 10.9. The molecule has 1 aliphatic heterocycles. The Balaban J connectivity index is 1.57. The number of amides is 1. The third-order valence-electron chi connectivity index (χ3n) is 5.88. The lowest BCUT2D eigenvalue weighted by atomic mass is 9.98. The Morgan fingerprint density at radius 1 is 0.971 bits per heavy atom. The van der Waals surface area contributed by atoms with E-state index in [-0.39, 0.29) is 17.1 Å². The quantitative estimate of drug-likeness (QED) is 0.363. The van der Waals surface area contributed by atoms with Crippen molar-refractivity contribution in [3.05, 3.63) is 104 Å².